The fourth-order valence-corrected chi connectivity index (χ4v) is 3.70. The molecule has 0 radical (unpaired) electrons. The molecular formula is C13H23N3O3S. The van der Waals surface area contributed by atoms with Crippen LogP contribution in [0.2, 0.25) is 0 Å². The van der Waals surface area contributed by atoms with Crippen LogP contribution in [-0.4, -0.2) is 65.7 Å². The molecule has 114 valence electrons. The molecule has 0 bridgehead atoms. The van der Waals surface area contributed by atoms with Gasteiger partial charge in [-0.3, -0.25) is 9.69 Å². The highest BCUT2D eigenvalue weighted by molar-refractivity contribution is 7.99. The number of nitrogens with one attached hydrogen (secondary N) is 2. The lowest BCUT2D eigenvalue weighted by atomic mass is 10.1. The van der Waals surface area contributed by atoms with Crippen LogP contribution in [0.25, 0.3) is 0 Å². The Morgan fingerprint density at radius 2 is 2.00 bits per heavy atom. The van der Waals surface area contributed by atoms with Crippen molar-refractivity contribution in [2.45, 2.75) is 25.3 Å². The summed E-state index contributed by atoms with van der Waals surface area (Å²) in [6.45, 7) is 3.72. The summed E-state index contributed by atoms with van der Waals surface area (Å²) in [6.07, 6.45) is 1.96. The maximum Gasteiger partial charge on any atom is 0.315 e. The Balaban J connectivity index is 1.57. The third-order valence-electron chi connectivity index (χ3n) is 3.93. The average Bonchev–Trinajstić information content (AvgIpc) is 2.88. The number of rotatable bonds is 5. The molecule has 0 unspecified atom stereocenters. The van der Waals surface area contributed by atoms with Crippen LogP contribution in [-0.2, 0) is 4.79 Å². The van der Waals surface area contributed by atoms with Crippen molar-refractivity contribution >= 4 is 23.8 Å². The molecule has 1 aliphatic heterocycles. The molecule has 2 fully saturated rings. The largest absolute Gasteiger partial charge is 0.481 e. The summed E-state index contributed by atoms with van der Waals surface area (Å²) < 4.78 is 0. The molecule has 1 saturated carbocycles. The van der Waals surface area contributed by atoms with E-state index in [0.717, 1.165) is 26.1 Å². The van der Waals surface area contributed by atoms with E-state index >= 15 is 0 Å². The number of amides is 2. The van der Waals surface area contributed by atoms with Crippen molar-refractivity contribution in [3.05, 3.63) is 0 Å². The molecular weight excluding hydrogens is 278 g/mol. The lowest BCUT2D eigenvalue weighted by molar-refractivity contribution is -0.141. The van der Waals surface area contributed by atoms with Gasteiger partial charge in [0.05, 0.1) is 5.92 Å². The van der Waals surface area contributed by atoms with Gasteiger partial charge in [0.2, 0.25) is 0 Å². The maximum absolute atomic E-state index is 11.7. The van der Waals surface area contributed by atoms with Gasteiger partial charge in [-0.1, -0.05) is 0 Å². The predicted molar refractivity (Wildman–Crippen MR) is 79.1 cm³/mol. The molecule has 20 heavy (non-hydrogen) atoms. The first-order valence-corrected chi connectivity index (χ1v) is 8.38. The van der Waals surface area contributed by atoms with Crippen LogP contribution in [0, 0.1) is 5.92 Å². The van der Waals surface area contributed by atoms with Crippen molar-refractivity contribution in [1.29, 1.82) is 0 Å². The zero-order chi connectivity index (χ0) is 14.4. The summed E-state index contributed by atoms with van der Waals surface area (Å²) in [6, 6.07) is -0.171. The lowest BCUT2D eigenvalue weighted by Crippen LogP contribution is -2.45. The van der Waals surface area contributed by atoms with Crippen LogP contribution in [0.15, 0.2) is 0 Å². The molecule has 0 aromatic carbocycles. The molecule has 0 aromatic heterocycles. The number of hydrogen-bond donors (Lipinski definition) is 3. The standard InChI is InChI=1S/C13H23N3O3S/c17-12(18)10-1-2-11(9-10)15-13(19)14-3-4-16-5-7-20-8-6-16/h10-11H,1-9H2,(H,17,18)(H2,14,15,19)/t10-,11+/m1/s1. The highest BCUT2D eigenvalue weighted by Gasteiger charge is 2.30. The molecule has 1 heterocycles. The Labute approximate surface area is 123 Å². The molecule has 3 N–H and O–H groups in total. The van der Waals surface area contributed by atoms with Crippen LogP contribution in [0.3, 0.4) is 0 Å². The van der Waals surface area contributed by atoms with Crippen molar-refractivity contribution in [1.82, 2.24) is 15.5 Å². The molecule has 1 aliphatic carbocycles. The molecule has 2 aliphatic rings. The Morgan fingerprint density at radius 3 is 2.65 bits per heavy atom. The Morgan fingerprint density at radius 1 is 1.25 bits per heavy atom. The molecule has 0 aromatic rings. The van der Waals surface area contributed by atoms with Crippen LogP contribution >= 0.6 is 11.8 Å². The van der Waals surface area contributed by atoms with Gasteiger partial charge in [-0.25, -0.2) is 4.79 Å². The minimum atomic E-state index is -0.752. The summed E-state index contributed by atoms with van der Waals surface area (Å²) in [4.78, 5) is 24.9. The van der Waals surface area contributed by atoms with E-state index < -0.39 is 5.97 Å². The predicted octanol–water partition coefficient (Wildman–Crippen LogP) is 0.588. The Hall–Kier alpha value is -0.950. The quantitative estimate of drug-likeness (QED) is 0.692. The summed E-state index contributed by atoms with van der Waals surface area (Å²) in [5, 5.41) is 14.6. The third kappa shape index (κ3) is 4.86. The minimum absolute atomic E-state index is 0.00230. The summed E-state index contributed by atoms with van der Waals surface area (Å²) in [7, 11) is 0. The number of carboxylic acid groups (broad SMARTS) is 1. The second-order valence-corrected chi connectivity index (χ2v) is 6.62. The van der Waals surface area contributed by atoms with E-state index in [4.69, 9.17) is 5.11 Å². The molecule has 2 amide bonds. The van der Waals surface area contributed by atoms with Gasteiger partial charge < -0.3 is 15.7 Å². The third-order valence-corrected chi connectivity index (χ3v) is 4.88. The van der Waals surface area contributed by atoms with Gasteiger partial charge in [0.15, 0.2) is 0 Å². The van der Waals surface area contributed by atoms with E-state index in [-0.39, 0.29) is 18.0 Å². The van der Waals surface area contributed by atoms with Crippen LogP contribution < -0.4 is 10.6 Å². The van der Waals surface area contributed by atoms with E-state index in [1.54, 1.807) is 0 Å². The van der Waals surface area contributed by atoms with E-state index in [0.29, 0.717) is 19.4 Å². The van der Waals surface area contributed by atoms with Crippen LogP contribution in [0.1, 0.15) is 19.3 Å². The normalized spacial score (nSPS) is 27.2. The van der Waals surface area contributed by atoms with Gasteiger partial charge in [0, 0.05) is 43.7 Å². The first-order chi connectivity index (χ1) is 9.65. The average molecular weight is 301 g/mol. The van der Waals surface area contributed by atoms with Crippen molar-refractivity contribution in [3.8, 4) is 0 Å². The lowest BCUT2D eigenvalue weighted by Gasteiger charge is -2.26. The van der Waals surface area contributed by atoms with Gasteiger partial charge in [0.25, 0.3) is 0 Å². The minimum Gasteiger partial charge on any atom is -0.481 e. The monoisotopic (exact) mass is 301 g/mol. The summed E-state index contributed by atoms with van der Waals surface area (Å²) in [5.74, 6) is 1.29. The molecule has 0 spiro atoms. The molecule has 2 atom stereocenters. The fourth-order valence-electron chi connectivity index (χ4n) is 2.73. The zero-order valence-electron chi connectivity index (χ0n) is 11.6. The summed E-state index contributed by atoms with van der Waals surface area (Å²) in [5.41, 5.74) is 0. The highest BCUT2D eigenvalue weighted by atomic mass is 32.2. The van der Waals surface area contributed by atoms with Crippen molar-refractivity contribution < 1.29 is 14.7 Å². The Kier molecular flexibility index (Phi) is 5.97. The van der Waals surface area contributed by atoms with Gasteiger partial charge >= 0.3 is 12.0 Å². The SMILES string of the molecule is O=C(NCCN1CCSCC1)N[C@H]1CC[C@@H](C(=O)O)C1. The van der Waals surface area contributed by atoms with Crippen LogP contribution in [0.5, 0.6) is 0 Å². The Bertz CT molecular complexity index is 348. The van der Waals surface area contributed by atoms with Gasteiger partial charge in [-0.15, -0.1) is 0 Å². The smallest absolute Gasteiger partial charge is 0.315 e. The van der Waals surface area contributed by atoms with Crippen molar-refractivity contribution in [2.75, 3.05) is 37.7 Å². The topological polar surface area (TPSA) is 81.7 Å². The summed E-state index contributed by atoms with van der Waals surface area (Å²) >= 11 is 1.97. The number of carboxylic acids is 1. The molecule has 6 nitrogen and oxygen atoms in total. The number of aliphatic carboxylic acids is 1. The van der Waals surface area contributed by atoms with Crippen LogP contribution in [0.4, 0.5) is 4.79 Å². The van der Waals surface area contributed by atoms with Gasteiger partial charge in [0.1, 0.15) is 0 Å². The van der Waals surface area contributed by atoms with E-state index in [9.17, 15) is 9.59 Å². The van der Waals surface area contributed by atoms with Crippen molar-refractivity contribution in [2.24, 2.45) is 5.92 Å². The van der Waals surface area contributed by atoms with E-state index in [2.05, 4.69) is 15.5 Å². The molecule has 1 saturated heterocycles. The number of carbonyl (C=O) groups excluding carboxylic acids is 1. The first-order valence-electron chi connectivity index (χ1n) is 7.22. The van der Waals surface area contributed by atoms with Gasteiger partial charge in [-0.2, -0.15) is 11.8 Å². The number of hydrogen-bond acceptors (Lipinski definition) is 4. The molecule has 2 rings (SSSR count). The van der Waals surface area contributed by atoms with Gasteiger partial charge in [-0.05, 0) is 19.3 Å². The van der Waals surface area contributed by atoms with E-state index in [1.807, 2.05) is 11.8 Å². The maximum atomic E-state index is 11.7. The first kappa shape index (κ1) is 15.4. The fraction of sp³-hybridized carbons (Fsp3) is 0.846. The highest BCUT2D eigenvalue weighted by Crippen LogP contribution is 2.25. The number of urea groups is 1. The van der Waals surface area contributed by atoms with Crippen molar-refractivity contribution in [3.63, 3.8) is 0 Å². The number of nitrogens with zero attached hydrogens (tertiary/aromatic N) is 1. The molecule has 7 heteroatoms. The van der Waals surface area contributed by atoms with E-state index in [1.165, 1.54) is 11.5 Å². The number of carbonyl (C=O) groups is 2. The zero-order valence-corrected chi connectivity index (χ0v) is 12.5. The number of thioether (sulfide) groups is 1. The second-order valence-electron chi connectivity index (χ2n) is 5.40. The second kappa shape index (κ2) is 7.73.